The Hall–Kier alpha value is -2.54. The number of ether oxygens (including phenoxy) is 2. The van der Waals surface area contributed by atoms with Crippen LogP contribution in [0.4, 0.5) is 0 Å². The van der Waals surface area contributed by atoms with Crippen molar-refractivity contribution in [2.45, 2.75) is 20.0 Å². The maximum absolute atomic E-state index is 5.82. The molecule has 0 saturated carbocycles. The van der Waals surface area contributed by atoms with Gasteiger partial charge in [0.15, 0.2) is 5.96 Å². The third-order valence-corrected chi connectivity index (χ3v) is 3.63. The van der Waals surface area contributed by atoms with Gasteiger partial charge in [-0.3, -0.25) is 9.67 Å². The normalized spacial score (nSPS) is 11.4. The van der Waals surface area contributed by atoms with Crippen LogP contribution in [0.15, 0.2) is 41.7 Å². The standard InChI is InChI=1S/C18H27N5O2/c1-15-5-6-16(17(13-15)25-12-11-24-3)14-21-18(19-2)20-8-10-23-9-4-7-22-23/h4-7,9,13H,8,10-12,14H2,1-3H3,(H2,19,20,21). The smallest absolute Gasteiger partial charge is 0.191 e. The van der Waals surface area contributed by atoms with Gasteiger partial charge in [-0.2, -0.15) is 5.10 Å². The van der Waals surface area contributed by atoms with E-state index in [2.05, 4.69) is 39.8 Å². The number of hydrogen-bond acceptors (Lipinski definition) is 4. The molecule has 25 heavy (non-hydrogen) atoms. The van der Waals surface area contributed by atoms with E-state index in [9.17, 15) is 0 Å². The quantitative estimate of drug-likeness (QED) is 0.410. The van der Waals surface area contributed by atoms with E-state index in [4.69, 9.17) is 9.47 Å². The maximum atomic E-state index is 5.82. The van der Waals surface area contributed by atoms with Crippen LogP contribution in [0.25, 0.3) is 0 Å². The Morgan fingerprint density at radius 2 is 2.16 bits per heavy atom. The molecule has 2 aromatic rings. The minimum atomic E-state index is 0.532. The summed E-state index contributed by atoms with van der Waals surface area (Å²) >= 11 is 0. The lowest BCUT2D eigenvalue weighted by Crippen LogP contribution is -2.38. The lowest BCUT2D eigenvalue weighted by Gasteiger charge is -2.15. The molecule has 0 unspecified atom stereocenters. The molecule has 0 amide bonds. The summed E-state index contributed by atoms with van der Waals surface area (Å²) in [5.74, 6) is 1.62. The molecule has 0 aliphatic rings. The molecule has 0 atom stereocenters. The Kier molecular flexibility index (Phi) is 7.78. The zero-order valence-corrected chi connectivity index (χ0v) is 15.2. The molecule has 136 valence electrons. The Morgan fingerprint density at radius 1 is 1.28 bits per heavy atom. The third-order valence-electron chi connectivity index (χ3n) is 3.63. The molecule has 0 aliphatic heterocycles. The van der Waals surface area contributed by atoms with Gasteiger partial charge in [-0.25, -0.2) is 0 Å². The van der Waals surface area contributed by atoms with Crippen molar-refractivity contribution in [3.63, 3.8) is 0 Å². The molecule has 1 aromatic heterocycles. The molecular formula is C18H27N5O2. The highest BCUT2D eigenvalue weighted by molar-refractivity contribution is 5.79. The van der Waals surface area contributed by atoms with Gasteiger partial charge in [-0.1, -0.05) is 12.1 Å². The Labute approximate surface area is 149 Å². The largest absolute Gasteiger partial charge is 0.491 e. The van der Waals surface area contributed by atoms with Crippen molar-refractivity contribution in [2.24, 2.45) is 4.99 Å². The number of nitrogens with zero attached hydrogens (tertiary/aromatic N) is 3. The summed E-state index contributed by atoms with van der Waals surface area (Å²) in [4.78, 5) is 4.25. The number of rotatable bonds is 9. The van der Waals surface area contributed by atoms with Crippen LogP contribution in [-0.4, -0.2) is 49.7 Å². The van der Waals surface area contributed by atoms with Crippen molar-refractivity contribution in [2.75, 3.05) is 33.9 Å². The van der Waals surface area contributed by atoms with Gasteiger partial charge in [0.25, 0.3) is 0 Å². The first-order valence-corrected chi connectivity index (χ1v) is 8.36. The lowest BCUT2D eigenvalue weighted by atomic mass is 10.1. The molecule has 7 heteroatoms. The number of nitrogens with one attached hydrogen (secondary N) is 2. The highest BCUT2D eigenvalue weighted by atomic mass is 16.5. The predicted molar refractivity (Wildman–Crippen MR) is 99.0 cm³/mol. The van der Waals surface area contributed by atoms with Crippen LogP contribution in [0.5, 0.6) is 5.75 Å². The van der Waals surface area contributed by atoms with Gasteiger partial charge in [0.2, 0.25) is 0 Å². The fourth-order valence-electron chi connectivity index (χ4n) is 2.30. The molecule has 2 N–H and O–H groups in total. The van der Waals surface area contributed by atoms with Gasteiger partial charge < -0.3 is 20.1 Å². The number of benzene rings is 1. The van der Waals surface area contributed by atoms with Gasteiger partial charge >= 0.3 is 0 Å². The van der Waals surface area contributed by atoms with Crippen LogP contribution in [0.3, 0.4) is 0 Å². The van der Waals surface area contributed by atoms with Crippen molar-refractivity contribution in [3.8, 4) is 5.75 Å². The molecule has 0 aliphatic carbocycles. The summed E-state index contributed by atoms with van der Waals surface area (Å²) in [6.45, 7) is 5.30. The number of methoxy groups -OCH3 is 1. The van der Waals surface area contributed by atoms with E-state index in [1.54, 1.807) is 20.4 Å². The average Bonchev–Trinajstić information content (AvgIpc) is 3.13. The lowest BCUT2D eigenvalue weighted by molar-refractivity contribution is 0.145. The van der Waals surface area contributed by atoms with Crippen LogP contribution >= 0.6 is 0 Å². The van der Waals surface area contributed by atoms with Crippen molar-refractivity contribution < 1.29 is 9.47 Å². The van der Waals surface area contributed by atoms with Gasteiger partial charge in [0.1, 0.15) is 12.4 Å². The highest BCUT2D eigenvalue weighted by Crippen LogP contribution is 2.20. The molecular weight excluding hydrogens is 318 g/mol. The maximum Gasteiger partial charge on any atom is 0.191 e. The fraction of sp³-hybridized carbons (Fsp3) is 0.444. The summed E-state index contributed by atoms with van der Waals surface area (Å²) in [6, 6.07) is 8.10. The zero-order chi connectivity index (χ0) is 17.9. The van der Waals surface area contributed by atoms with Gasteiger partial charge in [0.05, 0.1) is 13.2 Å². The second kappa shape index (κ2) is 10.4. The fourth-order valence-corrected chi connectivity index (χ4v) is 2.30. The van der Waals surface area contributed by atoms with Crippen LogP contribution < -0.4 is 15.4 Å². The Balaban J connectivity index is 1.85. The summed E-state index contributed by atoms with van der Waals surface area (Å²) in [7, 11) is 3.43. The van der Waals surface area contributed by atoms with Crippen LogP contribution in [-0.2, 0) is 17.8 Å². The molecule has 0 bridgehead atoms. The van der Waals surface area contributed by atoms with E-state index < -0.39 is 0 Å². The van der Waals surface area contributed by atoms with E-state index in [-0.39, 0.29) is 0 Å². The molecule has 1 heterocycles. The van der Waals surface area contributed by atoms with E-state index in [0.717, 1.165) is 35.9 Å². The Morgan fingerprint density at radius 3 is 2.88 bits per heavy atom. The van der Waals surface area contributed by atoms with Gasteiger partial charge in [-0.05, 0) is 24.6 Å². The van der Waals surface area contributed by atoms with E-state index in [0.29, 0.717) is 19.8 Å². The number of hydrogen-bond donors (Lipinski definition) is 2. The second-order valence-electron chi connectivity index (χ2n) is 5.57. The average molecular weight is 345 g/mol. The molecule has 1 aromatic carbocycles. The van der Waals surface area contributed by atoms with E-state index in [1.165, 1.54) is 0 Å². The highest BCUT2D eigenvalue weighted by Gasteiger charge is 2.06. The van der Waals surface area contributed by atoms with Crippen LogP contribution in [0, 0.1) is 6.92 Å². The summed E-state index contributed by atoms with van der Waals surface area (Å²) in [5, 5.41) is 10.8. The summed E-state index contributed by atoms with van der Waals surface area (Å²) in [6.07, 6.45) is 3.71. The number of guanidine groups is 1. The summed E-state index contributed by atoms with van der Waals surface area (Å²) in [5.41, 5.74) is 2.25. The number of aromatic nitrogens is 2. The zero-order valence-electron chi connectivity index (χ0n) is 15.2. The van der Waals surface area contributed by atoms with Crippen molar-refractivity contribution in [3.05, 3.63) is 47.8 Å². The van der Waals surface area contributed by atoms with Crippen molar-refractivity contribution in [1.29, 1.82) is 0 Å². The molecule has 7 nitrogen and oxygen atoms in total. The topological polar surface area (TPSA) is 72.7 Å². The van der Waals surface area contributed by atoms with E-state index >= 15 is 0 Å². The Bertz CT molecular complexity index is 655. The van der Waals surface area contributed by atoms with Crippen LogP contribution in [0.1, 0.15) is 11.1 Å². The molecule has 0 radical (unpaired) electrons. The minimum Gasteiger partial charge on any atom is -0.491 e. The second-order valence-corrected chi connectivity index (χ2v) is 5.57. The summed E-state index contributed by atoms with van der Waals surface area (Å²) < 4.78 is 12.7. The molecule has 2 rings (SSSR count). The van der Waals surface area contributed by atoms with E-state index in [1.807, 2.05) is 23.0 Å². The van der Waals surface area contributed by atoms with Gasteiger partial charge in [0, 0.05) is 45.2 Å². The van der Waals surface area contributed by atoms with Crippen LogP contribution in [0.2, 0.25) is 0 Å². The molecule has 0 spiro atoms. The predicted octanol–water partition coefficient (Wildman–Crippen LogP) is 1.58. The number of aliphatic imine (C=N–C) groups is 1. The first-order chi connectivity index (χ1) is 12.2. The first kappa shape index (κ1) is 18.8. The van der Waals surface area contributed by atoms with Crippen molar-refractivity contribution in [1.82, 2.24) is 20.4 Å². The minimum absolute atomic E-state index is 0.532. The van der Waals surface area contributed by atoms with Crippen molar-refractivity contribution >= 4 is 5.96 Å². The van der Waals surface area contributed by atoms with Gasteiger partial charge in [-0.15, -0.1) is 0 Å². The monoisotopic (exact) mass is 345 g/mol. The third kappa shape index (κ3) is 6.46. The SMILES string of the molecule is CN=C(NCCn1cccn1)NCc1ccc(C)cc1OCCOC. The molecule has 0 fully saturated rings. The molecule has 0 saturated heterocycles. The number of aryl methyl sites for hydroxylation is 1. The first-order valence-electron chi connectivity index (χ1n) is 8.36.